The van der Waals surface area contributed by atoms with Gasteiger partial charge < -0.3 is 4.74 Å². The lowest BCUT2D eigenvalue weighted by Gasteiger charge is -2.63. The summed E-state index contributed by atoms with van der Waals surface area (Å²) in [5.41, 5.74) is 0.0257. The second-order valence-electron chi connectivity index (χ2n) is 5.60. The third-order valence-corrected chi connectivity index (χ3v) is 7.01. The Kier molecular flexibility index (Phi) is 2.28. The molecule has 3 saturated carbocycles. The van der Waals surface area contributed by atoms with Crippen molar-refractivity contribution in [1.82, 2.24) is 0 Å². The predicted octanol–water partition coefficient (Wildman–Crippen LogP) is 3.14. The monoisotopic (exact) mass is 274 g/mol. The van der Waals surface area contributed by atoms with Crippen molar-refractivity contribution in [3.63, 3.8) is 0 Å². The molecule has 0 N–H and O–H groups in total. The summed E-state index contributed by atoms with van der Waals surface area (Å²) in [5, 5.41) is 0. The van der Waals surface area contributed by atoms with Gasteiger partial charge in [-0.3, -0.25) is 4.79 Å². The fraction of sp³-hybridized carbons (Fsp3) is 0.917. The molecule has 0 heterocycles. The number of ether oxygens (including phenoxy) is 1. The van der Waals surface area contributed by atoms with Crippen molar-refractivity contribution < 1.29 is 9.53 Å². The highest BCUT2D eigenvalue weighted by Gasteiger charge is 2.80. The Morgan fingerprint density at radius 2 is 2.00 bits per heavy atom. The average molecular weight is 275 g/mol. The van der Waals surface area contributed by atoms with Crippen LogP contribution in [0.4, 0.5) is 0 Å². The molecule has 2 bridgehead atoms. The van der Waals surface area contributed by atoms with Crippen LogP contribution in [0.3, 0.4) is 0 Å². The highest BCUT2D eigenvalue weighted by atomic mass is 79.9. The Bertz CT molecular complexity index is 313. The predicted molar refractivity (Wildman–Crippen MR) is 62.9 cm³/mol. The molecule has 3 rings (SSSR count). The topological polar surface area (TPSA) is 26.3 Å². The maximum atomic E-state index is 12.1. The van der Waals surface area contributed by atoms with Crippen molar-refractivity contribution in [3.05, 3.63) is 0 Å². The second kappa shape index (κ2) is 2.99. The average Bonchev–Trinajstić information content (AvgIpc) is 2.55. The fourth-order valence-corrected chi connectivity index (χ4v) is 5.45. The highest BCUT2D eigenvalue weighted by Crippen LogP contribution is 2.80. The van der Waals surface area contributed by atoms with Crippen LogP contribution in [0.2, 0.25) is 0 Å². The molecule has 0 aromatic heterocycles. The molecule has 3 aliphatic rings. The Morgan fingerprint density at radius 3 is 2.33 bits per heavy atom. The molecule has 3 atom stereocenters. The normalized spacial score (nSPS) is 46.1. The zero-order valence-electron chi connectivity index (χ0n) is 9.89. The van der Waals surface area contributed by atoms with Gasteiger partial charge in [-0.25, -0.2) is 0 Å². The highest BCUT2D eigenvalue weighted by molar-refractivity contribution is 9.09. The number of fused-ring (bicyclic) bond motifs is 1. The van der Waals surface area contributed by atoms with Crippen LogP contribution in [-0.4, -0.2) is 17.4 Å². The van der Waals surface area contributed by atoms with Gasteiger partial charge in [0.2, 0.25) is 0 Å². The van der Waals surface area contributed by atoms with E-state index in [2.05, 4.69) is 36.7 Å². The summed E-state index contributed by atoms with van der Waals surface area (Å²) in [6, 6.07) is 0. The summed E-state index contributed by atoms with van der Waals surface area (Å²) in [5.74, 6) is -0.00755. The van der Waals surface area contributed by atoms with Crippen molar-refractivity contribution in [2.45, 2.75) is 45.4 Å². The lowest BCUT2D eigenvalue weighted by Crippen LogP contribution is -2.67. The third kappa shape index (κ3) is 0.943. The van der Waals surface area contributed by atoms with Crippen LogP contribution < -0.4 is 0 Å². The Morgan fingerprint density at radius 1 is 1.40 bits per heavy atom. The van der Waals surface area contributed by atoms with E-state index in [0.717, 1.165) is 12.8 Å². The number of hydrogen-bond acceptors (Lipinski definition) is 2. The minimum atomic E-state index is -0.280. The lowest BCUT2D eigenvalue weighted by atomic mass is 9.43. The Hall–Kier alpha value is -0.0500. The molecular formula is C12H19BrO2. The maximum Gasteiger partial charge on any atom is 0.313 e. The summed E-state index contributed by atoms with van der Waals surface area (Å²) < 4.78 is 5.25. The van der Waals surface area contributed by atoms with Crippen LogP contribution in [0.25, 0.3) is 0 Å². The number of hydrogen-bond donors (Lipinski definition) is 0. The Labute approximate surface area is 99.9 Å². The smallest absolute Gasteiger partial charge is 0.313 e. The fourth-order valence-electron chi connectivity index (χ4n) is 3.67. The van der Waals surface area contributed by atoms with Crippen molar-refractivity contribution in [1.29, 1.82) is 0 Å². The minimum Gasteiger partial charge on any atom is -0.466 e. The number of alkyl halides is 1. The van der Waals surface area contributed by atoms with Gasteiger partial charge in [-0.2, -0.15) is 0 Å². The molecule has 86 valence electrons. The van der Waals surface area contributed by atoms with Crippen molar-refractivity contribution >= 4 is 21.9 Å². The van der Waals surface area contributed by atoms with E-state index < -0.39 is 0 Å². The summed E-state index contributed by atoms with van der Waals surface area (Å²) in [6.07, 6.45) is 2.08. The number of carbonyl (C=O) groups is 1. The summed E-state index contributed by atoms with van der Waals surface area (Å²) >= 11 is 3.71. The maximum absolute atomic E-state index is 12.1. The van der Waals surface area contributed by atoms with E-state index in [1.165, 1.54) is 0 Å². The SMILES string of the molecule is CCOC(=O)C12CCC(C)(C1Br)C2(C)C. The molecule has 15 heavy (non-hydrogen) atoms. The van der Waals surface area contributed by atoms with Crippen molar-refractivity contribution in [2.75, 3.05) is 6.61 Å². The van der Waals surface area contributed by atoms with E-state index in [-0.39, 0.29) is 27.0 Å². The number of halogens is 1. The number of esters is 1. The molecule has 0 aromatic carbocycles. The molecule has 3 fully saturated rings. The molecule has 0 saturated heterocycles. The largest absolute Gasteiger partial charge is 0.466 e. The summed E-state index contributed by atoms with van der Waals surface area (Å²) in [6.45, 7) is 9.03. The third-order valence-electron chi connectivity index (χ3n) is 5.21. The van der Waals surface area contributed by atoms with E-state index in [4.69, 9.17) is 4.74 Å². The molecule has 3 aliphatic carbocycles. The lowest BCUT2D eigenvalue weighted by molar-refractivity contribution is -0.186. The van der Waals surface area contributed by atoms with E-state index in [0.29, 0.717) is 6.61 Å². The van der Waals surface area contributed by atoms with E-state index in [9.17, 15) is 4.79 Å². The van der Waals surface area contributed by atoms with Gasteiger partial charge in [0, 0.05) is 4.83 Å². The molecule has 3 unspecified atom stereocenters. The first-order chi connectivity index (χ1) is 6.84. The molecule has 0 amide bonds. The van der Waals surface area contributed by atoms with E-state index >= 15 is 0 Å². The Balaban J connectivity index is 2.35. The van der Waals surface area contributed by atoms with Crippen LogP contribution in [-0.2, 0) is 9.53 Å². The van der Waals surface area contributed by atoms with Gasteiger partial charge in [0.15, 0.2) is 0 Å². The van der Waals surface area contributed by atoms with Crippen LogP contribution in [0.5, 0.6) is 0 Å². The van der Waals surface area contributed by atoms with Crippen LogP contribution in [0.1, 0.15) is 40.5 Å². The van der Waals surface area contributed by atoms with Gasteiger partial charge in [-0.05, 0) is 30.6 Å². The quantitative estimate of drug-likeness (QED) is 0.571. The molecule has 2 nitrogen and oxygen atoms in total. The van der Waals surface area contributed by atoms with Gasteiger partial charge >= 0.3 is 5.97 Å². The molecule has 0 aliphatic heterocycles. The molecular weight excluding hydrogens is 256 g/mol. The molecule has 0 radical (unpaired) electrons. The van der Waals surface area contributed by atoms with Gasteiger partial charge in [-0.15, -0.1) is 0 Å². The second-order valence-corrected chi connectivity index (χ2v) is 6.51. The first-order valence-electron chi connectivity index (χ1n) is 5.66. The van der Waals surface area contributed by atoms with Gasteiger partial charge in [0.05, 0.1) is 12.0 Å². The van der Waals surface area contributed by atoms with E-state index in [1.807, 2.05) is 6.92 Å². The van der Waals surface area contributed by atoms with Gasteiger partial charge in [0.25, 0.3) is 0 Å². The number of rotatable bonds is 2. The zero-order chi connectivity index (χ0) is 11.5. The first-order valence-corrected chi connectivity index (χ1v) is 6.57. The van der Waals surface area contributed by atoms with Crippen LogP contribution >= 0.6 is 15.9 Å². The molecule has 3 heteroatoms. The van der Waals surface area contributed by atoms with Crippen molar-refractivity contribution in [2.24, 2.45) is 16.2 Å². The minimum absolute atomic E-state index is 0.00755. The zero-order valence-corrected chi connectivity index (χ0v) is 11.5. The van der Waals surface area contributed by atoms with Gasteiger partial charge in [-0.1, -0.05) is 36.7 Å². The van der Waals surface area contributed by atoms with E-state index in [1.54, 1.807) is 0 Å². The van der Waals surface area contributed by atoms with Gasteiger partial charge in [0.1, 0.15) is 0 Å². The molecule has 0 aromatic rings. The summed E-state index contributed by atoms with van der Waals surface area (Å²) in [4.78, 5) is 12.4. The molecule has 0 spiro atoms. The standard InChI is InChI=1S/C12H19BrO2/c1-5-15-9(14)12-7-6-11(4,8(12)13)10(12,2)3/h8H,5-7H2,1-4H3. The van der Waals surface area contributed by atoms with Crippen LogP contribution in [0.15, 0.2) is 0 Å². The summed E-state index contributed by atoms with van der Waals surface area (Å²) in [7, 11) is 0. The number of carbonyl (C=O) groups excluding carboxylic acids is 1. The van der Waals surface area contributed by atoms with Crippen LogP contribution in [0, 0.1) is 16.2 Å². The van der Waals surface area contributed by atoms with Crippen molar-refractivity contribution in [3.8, 4) is 0 Å². The first kappa shape index (κ1) is 11.4.